The number of rotatable bonds is 5. The number of hydrogen-bond acceptors (Lipinski definition) is 6. The van der Waals surface area contributed by atoms with Crippen molar-refractivity contribution in [3.63, 3.8) is 0 Å². The molecule has 7 nitrogen and oxygen atoms in total. The summed E-state index contributed by atoms with van der Waals surface area (Å²) in [5.74, 6) is -1.91. The third kappa shape index (κ3) is 8.80. The van der Waals surface area contributed by atoms with E-state index in [-0.39, 0.29) is 12.2 Å². The van der Waals surface area contributed by atoms with E-state index in [2.05, 4.69) is 5.32 Å². The van der Waals surface area contributed by atoms with Crippen LogP contribution in [0.15, 0.2) is 0 Å². The monoisotopic (exact) mass is 280 g/mol. The second kappa shape index (κ2) is 6.03. The number of alkyl carbamates (subject to hydrolysis) is 1. The summed E-state index contributed by atoms with van der Waals surface area (Å²) < 4.78 is 26.7. The molecule has 18 heavy (non-hydrogen) atoms. The number of amides is 1. The van der Waals surface area contributed by atoms with Crippen LogP contribution in [0.3, 0.4) is 0 Å². The molecule has 0 fully saturated rings. The molecule has 0 bridgehead atoms. The Bertz CT molecular complexity index is 409. The summed E-state index contributed by atoms with van der Waals surface area (Å²) in [6.07, 6.45) is -0.210. The van der Waals surface area contributed by atoms with Gasteiger partial charge in [-0.1, -0.05) is 0 Å². The van der Waals surface area contributed by atoms with Crippen molar-refractivity contribution in [3.05, 3.63) is 0 Å². The molecule has 0 aliphatic rings. The molecule has 0 saturated carbocycles. The van der Waals surface area contributed by atoms with Crippen LogP contribution >= 0.6 is 0 Å². The molecular weight excluding hydrogens is 262 g/mol. The summed E-state index contributed by atoms with van der Waals surface area (Å²) in [5.41, 5.74) is -0.766. The lowest BCUT2D eigenvalue weighted by Gasteiger charge is -2.24. The average molecular weight is 280 g/mol. The standard InChI is InChI=1S/C10H19NO6S/c1-10(2,3)17-9(14)11-7(8(12)13)5-6-18(4,15)16/h7H,5-6H2,1-4H3,(H,11,14)(H,12,13)/p-1/t7-/m0/s1. The van der Waals surface area contributed by atoms with E-state index in [0.29, 0.717) is 0 Å². The van der Waals surface area contributed by atoms with Gasteiger partial charge in [-0.15, -0.1) is 0 Å². The molecule has 1 N–H and O–H groups in total. The van der Waals surface area contributed by atoms with Gasteiger partial charge in [0.1, 0.15) is 15.4 Å². The smallest absolute Gasteiger partial charge is 0.408 e. The van der Waals surface area contributed by atoms with Crippen LogP contribution in [0.2, 0.25) is 0 Å². The van der Waals surface area contributed by atoms with Crippen LogP contribution in [0.4, 0.5) is 4.79 Å². The van der Waals surface area contributed by atoms with Crippen molar-refractivity contribution in [3.8, 4) is 0 Å². The minimum atomic E-state index is -3.31. The van der Waals surface area contributed by atoms with Gasteiger partial charge in [0.05, 0.1) is 17.8 Å². The van der Waals surface area contributed by atoms with E-state index in [1.807, 2.05) is 0 Å². The Labute approximate surface area is 106 Å². The van der Waals surface area contributed by atoms with Crippen LogP contribution in [0.5, 0.6) is 0 Å². The number of carboxylic acid groups (broad SMARTS) is 1. The second-order valence-electron chi connectivity index (χ2n) is 4.94. The maximum absolute atomic E-state index is 11.3. The van der Waals surface area contributed by atoms with Crippen molar-refractivity contribution >= 4 is 21.9 Å². The number of aliphatic carboxylic acids is 1. The van der Waals surface area contributed by atoms with Gasteiger partial charge >= 0.3 is 6.09 Å². The summed E-state index contributed by atoms with van der Waals surface area (Å²) in [4.78, 5) is 22.1. The fourth-order valence-corrected chi connectivity index (χ4v) is 1.69. The van der Waals surface area contributed by atoms with Crippen LogP contribution in [0.25, 0.3) is 0 Å². The van der Waals surface area contributed by atoms with Gasteiger partial charge in [0.15, 0.2) is 0 Å². The first-order valence-corrected chi connectivity index (χ1v) is 7.35. The topological polar surface area (TPSA) is 113 Å². The Morgan fingerprint density at radius 1 is 1.33 bits per heavy atom. The molecule has 0 heterocycles. The van der Waals surface area contributed by atoms with E-state index in [1.165, 1.54) is 0 Å². The zero-order valence-corrected chi connectivity index (χ0v) is 11.7. The van der Waals surface area contributed by atoms with Crippen molar-refractivity contribution in [1.82, 2.24) is 5.32 Å². The Morgan fingerprint density at radius 2 is 1.83 bits per heavy atom. The zero-order valence-electron chi connectivity index (χ0n) is 10.8. The SMILES string of the molecule is CC(C)(C)OC(=O)N[C@@H](CCS(C)(=O)=O)C(=O)[O-]. The van der Waals surface area contributed by atoms with Gasteiger partial charge in [0.2, 0.25) is 0 Å². The Morgan fingerprint density at radius 3 is 2.17 bits per heavy atom. The van der Waals surface area contributed by atoms with Crippen LogP contribution < -0.4 is 10.4 Å². The highest BCUT2D eigenvalue weighted by atomic mass is 32.2. The van der Waals surface area contributed by atoms with Crippen molar-refractivity contribution in [1.29, 1.82) is 0 Å². The first-order chi connectivity index (χ1) is 7.91. The van der Waals surface area contributed by atoms with E-state index < -0.39 is 33.5 Å². The molecule has 1 atom stereocenters. The Kier molecular flexibility index (Phi) is 5.59. The molecule has 0 aromatic heterocycles. The fourth-order valence-electron chi connectivity index (χ4n) is 1.03. The second-order valence-corrected chi connectivity index (χ2v) is 7.20. The molecule has 0 saturated heterocycles. The van der Waals surface area contributed by atoms with Crippen molar-refractivity contribution < 1.29 is 27.9 Å². The number of nitrogens with one attached hydrogen (secondary N) is 1. The van der Waals surface area contributed by atoms with Crippen molar-refractivity contribution in [2.24, 2.45) is 0 Å². The summed E-state index contributed by atoms with van der Waals surface area (Å²) in [6, 6.07) is -1.39. The van der Waals surface area contributed by atoms with Crippen molar-refractivity contribution in [2.75, 3.05) is 12.0 Å². The highest BCUT2D eigenvalue weighted by molar-refractivity contribution is 7.90. The molecule has 0 unspecified atom stereocenters. The van der Waals surface area contributed by atoms with Gasteiger partial charge in [0, 0.05) is 6.26 Å². The maximum Gasteiger partial charge on any atom is 0.408 e. The van der Waals surface area contributed by atoms with E-state index in [0.717, 1.165) is 6.26 Å². The van der Waals surface area contributed by atoms with Crippen LogP contribution in [0.1, 0.15) is 27.2 Å². The predicted molar refractivity (Wildman–Crippen MR) is 62.5 cm³/mol. The predicted octanol–water partition coefficient (Wildman–Crippen LogP) is -0.936. The molecule has 106 valence electrons. The Balaban J connectivity index is 4.46. The number of carboxylic acids is 1. The number of hydrogen-bond donors (Lipinski definition) is 1. The summed E-state index contributed by atoms with van der Waals surface area (Å²) in [7, 11) is -3.31. The summed E-state index contributed by atoms with van der Waals surface area (Å²) in [6.45, 7) is 4.87. The normalized spacial score (nSPS) is 13.8. The first kappa shape index (κ1) is 16.7. The largest absolute Gasteiger partial charge is 0.548 e. The lowest BCUT2D eigenvalue weighted by Crippen LogP contribution is -2.49. The summed E-state index contributed by atoms with van der Waals surface area (Å²) >= 11 is 0. The third-order valence-electron chi connectivity index (χ3n) is 1.75. The number of sulfone groups is 1. The van der Waals surface area contributed by atoms with Crippen molar-refractivity contribution in [2.45, 2.75) is 38.8 Å². The highest BCUT2D eigenvalue weighted by Crippen LogP contribution is 2.07. The van der Waals surface area contributed by atoms with E-state index >= 15 is 0 Å². The van der Waals surface area contributed by atoms with E-state index in [9.17, 15) is 23.1 Å². The lowest BCUT2D eigenvalue weighted by atomic mass is 10.2. The van der Waals surface area contributed by atoms with Gasteiger partial charge in [-0.2, -0.15) is 0 Å². The minimum Gasteiger partial charge on any atom is -0.548 e. The molecule has 8 heteroatoms. The minimum absolute atomic E-state index is 0.263. The summed E-state index contributed by atoms with van der Waals surface area (Å²) in [5, 5.41) is 12.8. The van der Waals surface area contributed by atoms with E-state index in [1.54, 1.807) is 20.8 Å². The quantitative estimate of drug-likeness (QED) is 0.695. The molecule has 0 aromatic carbocycles. The van der Waals surface area contributed by atoms with Gasteiger partial charge in [-0.05, 0) is 27.2 Å². The maximum atomic E-state index is 11.3. The molecule has 1 amide bonds. The average Bonchev–Trinajstić information content (AvgIpc) is 2.06. The molecule has 0 rings (SSSR count). The van der Waals surface area contributed by atoms with Crippen LogP contribution in [-0.2, 0) is 19.4 Å². The highest BCUT2D eigenvalue weighted by Gasteiger charge is 2.21. The fraction of sp³-hybridized carbons (Fsp3) is 0.800. The lowest BCUT2D eigenvalue weighted by molar-refractivity contribution is -0.308. The number of carbonyl (C=O) groups is 2. The van der Waals surface area contributed by atoms with Gasteiger partial charge < -0.3 is 20.0 Å². The van der Waals surface area contributed by atoms with E-state index in [4.69, 9.17) is 4.74 Å². The zero-order chi connectivity index (χ0) is 14.6. The van der Waals surface area contributed by atoms with Gasteiger partial charge in [0.25, 0.3) is 0 Å². The molecular formula is C10H18NO6S-. The van der Waals surface area contributed by atoms with Gasteiger partial charge in [-0.25, -0.2) is 13.2 Å². The van der Waals surface area contributed by atoms with Gasteiger partial charge in [-0.3, -0.25) is 0 Å². The molecule has 0 aliphatic carbocycles. The molecule has 0 radical (unpaired) electrons. The first-order valence-electron chi connectivity index (χ1n) is 5.29. The third-order valence-corrected chi connectivity index (χ3v) is 2.73. The number of carbonyl (C=O) groups excluding carboxylic acids is 2. The Hall–Kier alpha value is -1.31. The molecule has 0 aromatic rings. The number of ether oxygens (including phenoxy) is 1. The van der Waals surface area contributed by atoms with Crippen LogP contribution in [0, 0.1) is 0 Å². The van der Waals surface area contributed by atoms with Crippen LogP contribution in [-0.4, -0.2) is 44.1 Å². The molecule has 0 aliphatic heterocycles. The molecule has 0 spiro atoms.